The van der Waals surface area contributed by atoms with Gasteiger partial charge in [0.1, 0.15) is 22.9 Å². The second-order valence-electron chi connectivity index (χ2n) is 5.61. The van der Waals surface area contributed by atoms with Gasteiger partial charge in [0.25, 0.3) is 0 Å². The molecule has 5 heteroatoms. The summed E-state index contributed by atoms with van der Waals surface area (Å²) in [5.74, 6) is -1.15. The van der Waals surface area contributed by atoms with E-state index in [0.29, 0.717) is 16.5 Å². The average Bonchev–Trinajstić information content (AvgIpc) is 2.49. The highest BCUT2D eigenvalue weighted by Crippen LogP contribution is 2.46. The van der Waals surface area contributed by atoms with E-state index in [2.05, 4.69) is 0 Å². The van der Waals surface area contributed by atoms with Crippen molar-refractivity contribution in [2.45, 2.75) is 19.4 Å². The number of fused-ring (bicyclic) bond motifs is 3. The molecular weight excluding hydrogens is 287 g/mol. The lowest BCUT2D eigenvalue weighted by Crippen LogP contribution is -2.32. The van der Waals surface area contributed by atoms with Gasteiger partial charge < -0.3 is 14.6 Å². The molecule has 0 aliphatic carbocycles. The van der Waals surface area contributed by atoms with E-state index >= 15 is 0 Å². The summed E-state index contributed by atoms with van der Waals surface area (Å²) < 4.78 is 24.7. The Balaban J connectivity index is 2.47. The first-order valence-electron chi connectivity index (χ1n) is 6.79. The van der Waals surface area contributed by atoms with E-state index in [1.807, 2.05) is 0 Å². The molecule has 0 bridgehead atoms. The number of hydrogen-bond donors (Lipinski definition) is 1. The molecule has 0 unspecified atom stereocenters. The summed E-state index contributed by atoms with van der Waals surface area (Å²) in [6.45, 7) is 3.20. The molecule has 0 radical (unpaired) electrons. The summed E-state index contributed by atoms with van der Waals surface area (Å²) in [5.41, 5.74) is -1.04. The van der Waals surface area contributed by atoms with Gasteiger partial charge in [-0.2, -0.15) is 0 Å². The molecule has 22 heavy (non-hydrogen) atoms. The number of carbonyl (C=O) groups excluding carboxylic acids is 1. The second-order valence-corrected chi connectivity index (χ2v) is 5.61. The molecule has 3 rings (SSSR count). The van der Waals surface area contributed by atoms with E-state index < -0.39 is 17.4 Å². The molecule has 0 spiro atoms. The zero-order chi connectivity index (χ0) is 16.1. The van der Waals surface area contributed by atoms with Crippen LogP contribution in [0.4, 0.5) is 4.39 Å². The van der Waals surface area contributed by atoms with E-state index in [4.69, 9.17) is 9.47 Å². The molecule has 1 aliphatic heterocycles. The summed E-state index contributed by atoms with van der Waals surface area (Å²) in [7, 11) is 1.21. The number of phenols is 1. The lowest BCUT2D eigenvalue weighted by atomic mass is 9.92. The highest BCUT2D eigenvalue weighted by atomic mass is 19.1. The molecule has 0 saturated heterocycles. The van der Waals surface area contributed by atoms with Crippen LogP contribution in [-0.4, -0.2) is 23.8 Å². The third-order valence-electron chi connectivity index (χ3n) is 3.77. The first-order chi connectivity index (χ1) is 10.4. The van der Waals surface area contributed by atoms with Crippen LogP contribution in [0.2, 0.25) is 0 Å². The van der Waals surface area contributed by atoms with Crippen LogP contribution in [0.25, 0.3) is 16.8 Å². The third kappa shape index (κ3) is 1.93. The minimum atomic E-state index is -1.14. The number of phenolic OH excluding ortho intramolecular Hbond substituents is 1. The number of rotatable bonds is 1. The molecule has 0 fully saturated rings. The van der Waals surface area contributed by atoms with Crippen molar-refractivity contribution >= 4 is 22.8 Å². The van der Waals surface area contributed by atoms with Crippen LogP contribution in [-0.2, 0) is 4.74 Å². The number of aromatic hydroxyl groups is 1. The highest BCUT2D eigenvalue weighted by molar-refractivity contribution is 6.08. The minimum absolute atomic E-state index is 0.0955. The molecule has 0 atom stereocenters. The SMILES string of the molecule is COC(=O)c1c2c(c3ccccc3c1O)OC(C)(C)C(F)=C2. The Bertz CT molecular complexity index is 821. The van der Waals surface area contributed by atoms with Crippen LogP contribution >= 0.6 is 0 Å². The smallest absolute Gasteiger partial charge is 0.342 e. The number of carbonyl (C=O) groups is 1. The molecule has 0 amide bonds. The van der Waals surface area contributed by atoms with Gasteiger partial charge in [0.05, 0.1) is 7.11 Å². The Labute approximate surface area is 126 Å². The van der Waals surface area contributed by atoms with Crippen molar-refractivity contribution in [2.75, 3.05) is 7.11 Å². The summed E-state index contributed by atoms with van der Waals surface area (Å²) in [6, 6.07) is 6.94. The van der Waals surface area contributed by atoms with Crippen LogP contribution in [0.3, 0.4) is 0 Å². The average molecular weight is 302 g/mol. The van der Waals surface area contributed by atoms with Gasteiger partial charge in [0.15, 0.2) is 5.60 Å². The maximum atomic E-state index is 14.2. The van der Waals surface area contributed by atoms with Crippen LogP contribution in [0.5, 0.6) is 11.5 Å². The number of ether oxygens (including phenoxy) is 2. The largest absolute Gasteiger partial charge is 0.506 e. The fraction of sp³-hybridized carbons (Fsp3) is 0.235. The van der Waals surface area contributed by atoms with Gasteiger partial charge in [-0.15, -0.1) is 0 Å². The van der Waals surface area contributed by atoms with Gasteiger partial charge >= 0.3 is 5.97 Å². The predicted octanol–water partition coefficient (Wildman–Crippen LogP) is 3.81. The molecule has 114 valence electrons. The summed E-state index contributed by atoms with van der Waals surface area (Å²) in [5, 5.41) is 11.5. The number of methoxy groups -OCH3 is 1. The molecule has 1 heterocycles. The van der Waals surface area contributed by atoms with Gasteiger partial charge in [-0.25, -0.2) is 9.18 Å². The molecular formula is C17H15FO4. The van der Waals surface area contributed by atoms with Crippen molar-refractivity contribution in [3.8, 4) is 11.5 Å². The van der Waals surface area contributed by atoms with Crippen LogP contribution in [0.15, 0.2) is 30.1 Å². The Morgan fingerprint density at radius 3 is 2.55 bits per heavy atom. The van der Waals surface area contributed by atoms with Crippen molar-refractivity contribution in [1.29, 1.82) is 0 Å². The van der Waals surface area contributed by atoms with Crippen molar-refractivity contribution in [3.05, 3.63) is 41.2 Å². The number of benzene rings is 2. The first-order valence-corrected chi connectivity index (χ1v) is 6.79. The summed E-state index contributed by atoms with van der Waals surface area (Å²) in [6.07, 6.45) is 1.22. The topological polar surface area (TPSA) is 55.8 Å². The Morgan fingerprint density at radius 2 is 1.91 bits per heavy atom. The van der Waals surface area contributed by atoms with Crippen molar-refractivity contribution in [3.63, 3.8) is 0 Å². The second kappa shape index (κ2) is 4.73. The van der Waals surface area contributed by atoms with Gasteiger partial charge in [-0.05, 0) is 19.9 Å². The molecule has 1 N–H and O–H groups in total. The summed E-state index contributed by atoms with van der Waals surface area (Å²) in [4.78, 5) is 12.0. The Kier molecular flexibility index (Phi) is 3.09. The number of hydrogen-bond acceptors (Lipinski definition) is 4. The first kappa shape index (κ1) is 14.4. The Morgan fingerprint density at radius 1 is 1.27 bits per heavy atom. The molecule has 0 saturated carbocycles. The fourth-order valence-electron chi connectivity index (χ4n) is 2.57. The van der Waals surface area contributed by atoms with E-state index in [1.54, 1.807) is 38.1 Å². The number of halogens is 1. The van der Waals surface area contributed by atoms with Crippen molar-refractivity contribution < 1.29 is 23.8 Å². The molecule has 1 aliphatic rings. The normalized spacial score (nSPS) is 15.7. The quantitative estimate of drug-likeness (QED) is 0.814. The lowest BCUT2D eigenvalue weighted by Gasteiger charge is -2.31. The van der Waals surface area contributed by atoms with Gasteiger partial charge in [-0.3, -0.25) is 0 Å². The highest BCUT2D eigenvalue weighted by Gasteiger charge is 2.35. The van der Waals surface area contributed by atoms with Gasteiger partial charge in [0.2, 0.25) is 0 Å². The van der Waals surface area contributed by atoms with E-state index in [0.717, 1.165) is 0 Å². The standard InChI is InChI=1S/C17H15FO4/c1-17(2)12(18)8-11-13(16(20)21-3)14(19)9-6-4-5-7-10(9)15(11)22-17/h4-8,19H,1-3H3. The molecule has 2 aromatic rings. The monoisotopic (exact) mass is 302 g/mol. The van der Waals surface area contributed by atoms with Crippen LogP contribution < -0.4 is 4.74 Å². The molecule has 0 aromatic heterocycles. The van der Waals surface area contributed by atoms with E-state index in [-0.39, 0.29) is 16.9 Å². The van der Waals surface area contributed by atoms with Crippen molar-refractivity contribution in [1.82, 2.24) is 0 Å². The zero-order valence-electron chi connectivity index (χ0n) is 12.4. The van der Waals surface area contributed by atoms with Crippen molar-refractivity contribution in [2.24, 2.45) is 0 Å². The zero-order valence-corrected chi connectivity index (χ0v) is 12.4. The van der Waals surface area contributed by atoms with E-state index in [1.165, 1.54) is 13.2 Å². The number of esters is 1. The van der Waals surface area contributed by atoms with Crippen LogP contribution in [0, 0.1) is 0 Å². The van der Waals surface area contributed by atoms with Crippen LogP contribution in [0.1, 0.15) is 29.8 Å². The lowest BCUT2D eigenvalue weighted by molar-refractivity contribution is 0.0594. The molecule has 2 aromatic carbocycles. The Hall–Kier alpha value is -2.56. The predicted molar refractivity (Wildman–Crippen MR) is 80.7 cm³/mol. The van der Waals surface area contributed by atoms with Gasteiger partial charge in [0, 0.05) is 16.3 Å². The fourth-order valence-corrected chi connectivity index (χ4v) is 2.57. The minimum Gasteiger partial charge on any atom is -0.506 e. The molecule has 4 nitrogen and oxygen atoms in total. The van der Waals surface area contributed by atoms with Gasteiger partial charge in [-0.1, -0.05) is 24.3 Å². The van der Waals surface area contributed by atoms with E-state index in [9.17, 15) is 14.3 Å². The maximum Gasteiger partial charge on any atom is 0.342 e. The summed E-state index contributed by atoms with van der Waals surface area (Å²) >= 11 is 0. The third-order valence-corrected chi connectivity index (χ3v) is 3.77. The maximum absolute atomic E-state index is 14.2.